The molecular formula is C28H36N2O3. The number of benzene rings is 2. The minimum atomic E-state index is -0.719. The van der Waals surface area contributed by atoms with Gasteiger partial charge in [0.25, 0.3) is 0 Å². The van der Waals surface area contributed by atoms with Crippen LogP contribution in [-0.4, -0.2) is 43.0 Å². The molecule has 2 amide bonds. The van der Waals surface area contributed by atoms with Crippen molar-refractivity contribution in [1.82, 2.24) is 4.90 Å². The first-order valence-corrected chi connectivity index (χ1v) is 12.2. The molecule has 1 saturated heterocycles. The molecule has 33 heavy (non-hydrogen) atoms. The smallest absolute Gasteiger partial charge is 0.225 e. The Morgan fingerprint density at radius 2 is 1.76 bits per heavy atom. The number of carbonyl (C=O) groups is 2. The zero-order valence-corrected chi connectivity index (χ0v) is 19.9. The second kappa shape index (κ2) is 10.1. The second-order valence-corrected chi connectivity index (χ2v) is 9.96. The van der Waals surface area contributed by atoms with Crippen LogP contribution >= 0.6 is 0 Å². The molecule has 0 spiro atoms. The third-order valence-electron chi connectivity index (χ3n) is 7.59. The van der Waals surface area contributed by atoms with E-state index in [-0.39, 0.29) is 23.8 Å². The highest BCUT2D eigenvalue weighted by Crippen LogP contribution is 2.36. The summed E-state index contributed by atoms with van der Waals surface area (Å²) in [6.45, 7) is 3.21. The summed E-state index contributed by atoms with van der Waals surface area (Å²) >= 11 is 0. The Morgan fingerprint density at radius 3 is 2.42 bits per heavy atom. The van der Waals surface area contributed by atoms with Crippen LogP contribution < -0.4 is 5.73 Å². The Balaban J connectivity index is 1.51. The Bertz CT molecular complexity index is 996. The predicted molar refractivity (Wildman–Crippen MR) is 131 cm³/mol. The Labute approximate surface area is 197 Å². The number of primary amides is 1. The maximum atomic E-state index is 13.3. The van der Waals surface area contributed by atoms with Gasteiger partial charge in [-0.3, -0.25) is 9.59 Å². The summed E-state index contributed by atoms with van der Waals surface area (Å²) in [5.41, 5.74) is 9.88. The van der Waals surface area contributed by atoms with Crippen molar-refractivity contribution in [2.75, 3.05) is 20.2 Å². The summed E-state index contributed by atoms with van der Waals surface area (Å²) in [6, 6.07) is 16.8. The van der Waals surface area contributed by atoms with E-state index in [1.165, 1.54) is 5.56 Å². The molecule has 0 aromatic heterocycles. The number of carbonyl (C=O) groups excluding carboxylic acids is 2. The monoisotopic (exact) mass is 448 g/mol. The average Bonchev–Trinajstić information content (AvgIpc) is 2.84. The van der Waals surface area contributed by atoms with E-state index in [2.05, 4.69) is 49.4 Å². The summed E-state index contributed by atoms with van der Waals surface area (Å²) in [6.07, 6.45) is 5.91. The van der Waals surface area contributed by atoms with Crippen molar-refractivity contribution in [3.05, 3.63) is 59.7 Å². The van der Waals surface area contributed by atoms with Crippen LogP contribution in [0.25, 0.3) is 11.1 Å². The number of likely N-dealkylation sites (tertiary alicyclic amines) is 1. The van der Waals surface area contributed by atoms with Crippen LogP contribution in [0.2, 0.25) is 0 Å². The molecule has 2 aromatic carbocycles. The van der Waals surface area contributed by atoms with Crippen LogP contribution in [0.1, 0.15) is 49.7 Å². The zero-order chi connectivity index (χ0) is 23.4. The molecule has 5 heteroatoms. The van der Waals surface area contributed by atoms with Gasteiger partial charge in [-0.15, -0.1) is 0 Å². The summed E-state index contributed by atoms with van der Waals surface area (Å²) in [5, 5.41) is 0. The van der Waals surface area contributed by atoms with Gasteiger partial charge >= 0.3 is 0 Å². The van der Waals surface area contributed by atoms with Gasteiger partial charge in [0, 0.05) is 26.1 Å². The molecular weight excluding hydrogens is 412 g/mol. The molecule has 0 bridgehead atoms. The number of piperidine rings is 1. The number of rotatable bonds is 6. The number of methoxy groups -OCH3 is 1. The van der Waals surface area contributed by atoms with Gasteiger partial charge in [-0.1, -0.05) is 54.1 Å². The fourth-order valence-corrected chi connectivity index (χ4v) is 5.63. The maximum Gasteiger partial charge on any atom is 0.225 e. The van der Waals surface area contributed by atoms with Gasteiger partial charge in [-0.25, -0.2) is 0 Å². The lowest BCUT2D eigenvalue weighted by Crippen LogP contribution is -2.54. The maximum absolute atomic E-state index is 13.3. The van der Waals surface area contributed by atoms with Gasteiger partial charge in [0.15, 0.2) is 0 Å². The molecule has 2 fully saturated rings. The fourth-order valence-electron chi connectivity index (χ4n) is 5.63. The summed E-state index contributed by atoms with van der Waals surface area (Å²) in [4.78, 5) is 28.0. The first-order valence-electron chi connectivity index (χ1n) is 12.2. The molecule has 176 valence electrons. The van der Waals surface area contributed by atoms with Gasteiger partial charge in [0.1, 0.15) is 0 Å². The van der Waals surface area contributed by atoms with E-state index in [9.17, 15) is 9.59 Å². The number of nitrogens with zero attached hydrogens (tertiary/aromatic N) is 1. The van der Waals surface area contributed by atoms with E-state index in [0.717, 1.165) is 55.2 Å². The van der Waals surface area contributed by atoms with Gasteiger partial charge in [-0.05, 0) is 68.6 Å². The van der Waals surface area contributed by atoms with Crippen molar-refractivity contribution in [1.29, 1.82) is 0 Å². The van der Waals surface area contributed by atoms with Gasteiger partial charge in [0.2, 0.25) is 11.8 Å². The molecule has 5 nitrogen and oxygen atoms in total. The highest BCUT2D eigenvalue weighted by molar-refractivity contribution is 5.84. The first kappa shape index (κ1) is 23.5. The van der Waals surface area contributed by atoms with Gasteiger partial charge in [0.05, 0.1) is 11.5 Å². The molecule has 0 unspecified atom stereocenters. The minimum absolute atomic E-state index is 0.0322. The zero-order valence-electron chi connectivity index (χ0n) is 19.9. The van der Waals surface area contributed by atoms with Crippen LogP contribution in [0.4, 0.5) is 0 Å². The number of hydrogen-bond acceptors (Lipinski definition) is 3. The molecule has 1 aliphatic heterocycles. The molecule has 4 rings (SSSR count). The average molecular weight is 449 g/mol. The SMILES string of the molecule is COC1CCC(C(=O)N2CCC[C@](Cc3cccc(-c4cccc(C)c4)c3)(C(N)=O)C2)CC1. The molecule has 1 atom stereocenters. The van der Waals surface area contributed by atoms with E-state index in [1.54, 1.807) is 7.11 Å². The number of ether oxygens (including phenoxy) is 1. The van der Waals surface area contributed by atoms with Crippen LogP contribution in [0.3, 0.4) is 0 Å². The van der Waals surface area contributed by atoms with Crippen LogP contribution in [0.15, 0.2) is 48.5 Å². The quantitative estimate of drug-likeness (QED) is 0.707. The summed E-state index contributed by atoms with van der Waals surface area (Å²) in [5.74, 6) is -0.0860. The Kier molecular flexibility index (Phi) is 7.18. The van der Waals surface area contributed by atoms with Crippen molar-refractivity contribution in [3.8, 4) is 11.1 Å². The third-order valence-corrected chi connectivity index (χ3v) is 7.59. The fraction of sp³-hybridized carbons (Fsp3) is 0.500. The number of amides is 2. The lowest BCUT2D eigenvalue weighted by Gasteiger charge is -2.42. The van der Waals surface area contributed by atoms with E-state index >= 15 is 0 Å². The molecule has 1 saturated carbocycles. The van der Waals surface area contributed by atoms with E-state index in [4.69, 9.17) is 10.5 Å². The van der Waals surface area contributed by atoms with Crippen molar-refractivity contribution in [2.45, 2.75) is 58.0 Å². The molecule has 1 aliphatic carbocycles. The summed E-state index contributed by atoms with van der Waals surface area (Å²) < 4.78 is 5.46. The molecule has 2 aliphatic rings. The van der Waals surface area contributed by atoms with E-state index < -0.39 is 5.41 Å². The first-order chi connectivity index (χ1) is 15.9. The lowest BCUT2D eigenvalue weighted by molar-refractivity contribution is -0.144. The minimum Gasteiger partial charge on any atom is -0.381 e. The Hall–Kier alpha value is -2.66. The second-order valence-electron chi connectivity index (χ2n) is 9.96. The number of aryl methyl sites for hydroxylation is 1. The third kappa shape index (κ3) is 5.30. The van der Waals surface area contributed by atoms with Crippen LogP contribution in [0.5, 0.6) is 0 Å². The lowest BCUT2D eigenvalue weighted by atomic mass is 9.73. The molecule has 2 aromatic rings. The Morgan fingerprint density at radius 1 is 1.06 bits per heavy atom. The topological polar surface area (TPSA) is 72.6 Å². The van der Waals surface area contributed by atoms with Gasteiger partial charge < -0.3 is 15.4 Å². The number of nitrogens with two attached hydrogens (primary N) is 1. The molecule has 0 radical (unpaired) electrons. The van der Waals surface area contributed by atoms with E-state index in [1.807, 2.05) is 11.0 Å². The number of hydrogen-bond donors (Lipinski definition) is 1. The highest BCUT2D eigenvalue weighted by Gasteiger charge is 2.43. The van der Waals surface area contributed by atoms with Crippen molar-refractivity contribution in [2.24, 2.45) is 17.1 Å². The largest absolute Gasteiger partial charge is 0.381 e. The van der Waals surface area contributed by atoms with E-state index in [0.29, 0.717) is 19.5 Å². The van der Waals surface area contributed by atoms with Crippen LogP contribution in [-0.2, 0) is 20.7 Å². The normalized spacial score (nSPS) is 25.6. The van der Waals surface area contributed by atoms with Crippen LogP contribution in [0, 0.1) is 18.3 Å². The van der Waals surface area contributed by atoms with Crippen molar-refractivity contribution < 1.29 is 14.3 Å². The van der Waals surface area contributed by atoms with Gasteiger partial charge in [-0.2, -0.15) is 0 Å². The van der Waals surface area contributed by atoms with Crippen molar-refractivity contribution >= 4 is 11.8 Å². The van der Waals surface area contributed by atoms with Crippen molar-refractivity contribution in [3.63, 3.8) is 0 Å². The standard InChI is InChI=1S/C28H36N2O3/c1-20-6-3-8-23(16-20)24-9-4-7-21(17-24)18-28(27(29)32)14-5-15-30(19-28)26(31)22-10-12-25(33-2)13-11-22/h3-4,6-9,16-17,22,25H,5,10-15,18-19H2,1-2H3,(H2,29,32)/t22?,25?,28-/m1/s1. The molecule has 2 N–H and O–H groups in total. The highest BCUT2D eigenvalue weighted by atomic mass is 16.5. The summed E-state index contributed by atoms with van der Waals surface area (Å²) in [7, 11) is 1.74. The molecule has 1 heterocycles. The predicted octanol–water partition coefficient (Wildman–Crippen LogP) is 4.50.